The summed E-state index contributed by atoms with van der Waals surface area (Å²) in [5.41, 5.74) is 0.525. The van der Waals surface area contributed by atoms with Gasteiger partial charge in [-0.15, -0.1) is 0 Å². The van der Waals surface area contributed by atoms with E-state index in [9.17, 15) is 19.8 Å². The number of carboxylic acids is 1. The van der Waals surface area contributed by atoms with Crippen LogP contribution in [0.4, 0.5) is 10.6 Å². The average molecular weight is 332 g/mol. The number of hydrogen-bond donors (Lipinski definition) is 4. The van der Waals surface area contributed by atoms with Gasteiger partial charge in [0.15, 0.2) is 0 Å². The number of aliphatic hydroxyl groups is 1. The highest BCUT2D eigenvalue weighted by Crippen LogP contribution is 2.20. The Kier molecular flexibility index (Phi) is 5.54. The molecular formula is C16H20N4O4. The van der Waals surface area contributed by atoms with Crippen molar-refractivity contribution in [1.29, 1.82) is 0 Å². The molecule has 0 aliphatic carbocycles. The number of hydrogen-bond acceptors (Lipinski definition) is 4. The number of carbonyl (C=O) groups is 2. The minimum absolute atomic E-state index is 0.00852. The van der Waals surface area contributed by atoms with Crippen molar-refractivity contribution in [3.05, 3.63) is 47.7 Å². The van der Waals surface area contributed by atoms with Crippen LogP contribution in [-0.4, -0.2) is 38.0 Å². The number of aromatic carboxylic acids is 1. The Hall–Kier alpha value is -2.87. The Morgan fingerprint density at radius 2 is 1.92 bits per heavy atom. The highest BCUT2D eigenvalue weighted by Gasteiger charge is 2.21. The lowest BCUT2D eigenvalue weighted by Gasteiger charge is -2.15. The van der Waals surface area contributed by atoms with Crippen molar-refractivity contribution >= 4 is 17.8 Å². The molecule has 1 aromatic carbocycles. The summed E-state index contributed by atoms with van der Waals surface area (Å²) >= 11 is 0. The molecular weight excluding hydrogens is 312 g/mol. The smallest absolute Gasteiger partial charge is 0.341 e. The van der Waals surface area contributed by atoms with Crippen LogP contribution in [0.3, 0.4) is 0 Å². The lowest BCUT2D eigenvalue weighted by molar-refractivity contribution is 0.0697. The number of aromatic nitrogens is 2. The van der Waals surface area contributed by atoms with Crippen molar-refractivity contribution in [2.45, 2.75) is 32.5 Å². The predicted molar refractivity (Wildman–Crippen MR) is 87.9 cm³/mol. The van der Waals surface area contributed by atoms with Crippen LogP contribution in [0.1, 0.15) is 35.9 Å². The predicted octanol–water partition coefficient (Wildman–Crippen LogP) is 1.84. The van der Waals surface area contributed by atoms with Crippen LogP contribution in [-0.2, 0) is 6.54 Å². The molecule has 128 valence electrons. The van der Waals surface area contributed by atoms with Crippen LogP contribution in [0, 0.1) is 0 Å². The summed E-state index contributed by atoms with van der Waals surface area (Å²) in [5.74, 6) is -1.19. The van der Waals surface area contributed by atoms with Crippen molar-refractivity contribution in [3.8, 4) is 0 Å². The molecule has 0 fully saturated rings. The number of carboxylic acid groups (broad SMARTS) is 1. The minimum atomic E-state index is -1.21. The first-order valence-electron chi connectivity index (χ1n) is 7.48. The number of aliphatic hydroxyl groups excluding tert-OH is 1. The molecule has 0 saturated heterocycles. The Labute approximate surface area is 139 Å². The molecule has 0 aliphatic rings. The standard InChI is InChI=1S/C16H20N4O4/c1-10(2)18-16(24)19-14-12(15(22)23)8-17-20(14)9-13(21)11-6-4-3-5-7-11/h3-8,10,13,21H,9H2,1-2H3,(H,22,23)(H2,18,19,24). The summed E-state index contributed by atoms with van der Waals surface area (Å²) in [5, 5.41) is 28.6. The number of carbonyl (C=O) groups excluding carboxylic acids is 1. The number of urea groups is 1. The fraction of sp³-hybridized carbons (Fsp3) is 0.312. The summed E-state index contributed by atoms with van der Waals surface area (Å²) in [6.07, 6.45) is 0.256. The molecule has 8 nitrogen and oxygen atoms in total. The van der Waals surface area contributed by atoms with Crippen LogP contribution >= 0.6 is 0 Å². The van der Waals surface area contributed by atoms with Gasteiger partial charge >= 0.3 is 12.0 Å². The Bertz CT molecular complexity index is 712. The maximum Gasteiger partial charge on any atom is 0.341 e. The normalized spacial score (nSPS) is 12.0. The van der Waals surface area contributed by atoms with E-state index in [0.717, 1.165) is 6.20 Å². The topological polar surface area (TPSA) is 116 Å². The van der Waals surface area contributed by atoms with Crippen molar-refractivity contribution in [2.24, 2.45) is 0 Å². The third-order valence-corrected chi connectivity index (χ3v) is 3.25. The molecule has 8 heteroatoms. The number of anilines is 1. The van der Waals surface area contributed by atoms with Gasteiger partial charge in [-0.05, 0) is 19.4 Å². The van der Waals surface area contributed by atoms with Crippen molar-refractivity contribution in [2.75, 3.05) is 5.32 Å². The number of rotatable bonds is 6. The van der Waals surface area contributed by atoms with E-state index in [1.807, 2.05) is 6.07 Å². The molecule has 24 heavy (non-hydrogen) atoms. The van der Waals surface area contributed by atoms with Gasteiger partial charge < -0.3 is 15.5 Å². The van der Waals surface area contributed by atoms with E-state index < -0.39 is 18.1 Å². The zero-order chi connectivity index (χ0) is 17.7. The molecule has 2 rings (SSSR count). The molecule has 2 amide bonds. The van der Waals surface area contributed by atoms with Gasteiger partial charge in [0.2, 0.25) is 0 Å². The maximum absolute atomic E-state index is 11.9. The first-order chi connectivity index (χ1) is 11.4. The Balaban J connectivity index is 2.23. The van der Waals surface area contributed by atoms with Crippen LogP contribution in [0.25, 0.3) is 0 Å². The second kappa shape index (κ2) is 7.60. The van der Waals surface area contributed by atoms with Gasteiger partial charge in [0.05, 0.1) is 18.8 Å². The van der Waals surface area contributed by atoms with E-state index in [2.05, 4.69) is 15.7 Å². The van der Waals surface area contributed by atoms with E-state index in [1.165, 1.54) is 4.68 Å². The average Bonchev–Trinajstić information content (AvgIpc) is 2.90. The highest BCUT2D eigenvalue weighted by molar-refractivity contribution is 5.98. The van der Waals surface area contributed by atoms with Gasteiger partial charge in [0.25, 0.3) is 0 Å². The fourth-order valence-corrected chi connectivity index (χ4v) is 2.16. The molecule has 0 radical (unpaired) electrons. The molecule has 0 aliphatic heterocycles. The lowest BCUT2D eigenvalue weighted by Crippen LogP contribution is -2.35. The monoisotopic (exact) mass is 332 g/mol. The molecule has 2 aromatic rings. The quantitative estimate of drug-likeness (QED) is 0.644. The second-order valence-corrected chi connectivity index (χ2v) is 5.57. The van der Waals surface area contributed by atoms with Gasteiger partial charge in [-0.1, -0.05) is 30.3 Å². The third-order valence-electron chi connectivity index (χ3n) is 3.25. The van der Waals surface area contributed by atoms with E-state index in [4.69, 9.17) is 0 Å². The van der Waals surface area contributed by atoms with E-state index >= 15 is 0 Å². The third kappa shape index (κ3) is 4.32. The van der Waals surface area contributed by atoms with Crippen LogP contribution in [0.15, 0.2) is 36.5 Å². The van der Waals surface area contributed by atoms with Gasteiger partial charge in [-0.3, -0.25) is 5.32 Å². The molecule has 0 spiro atoms. The minimum Gasteiger partial charge on any atom is -0.477 e. The largest absolute Gasteiger partial charge is 0.477 e. The number of nitrogens with zero attached hydrogens (tertiary/aromatic N) is 2. The number of benzene rings is 1. The summed E-state index contributed by atoms with van der Waals surface area (Å²) < 4.78 is 1.26. The van der Waals surface area contributed by atoms with Gasteiger partial charge in [-0.25, -0.2) is 14.3 Å². The summed E-state index contributed by atoms with van der Waals surface area (Å²) in [4.78, 5) is 23.2. The lowest BCUT2D eigenvalue weighted by atomic mass is 10.1. The molecule has 1 heterocycles. The van der Waals surface area contributed by atoms with E-state index in [0.29, 0.717) is 5.56 Å². The molecule has 1 unspecified atom stereocenters. The Morgan fingerprint density at radius 1 is 1.25 bits per heavy atom. The number of amides is 2. The molecule has 0 bridgehead atoms. The molecule has 1 atom stereocenters. The molecule has 4 N–H and O–H groups in total. The molecule has 1 aromatic heterocycles. The van der Waals surface area contributed by atoms with Crippen LogP contribution < -0.4 is 10.6 Å². The first kappa shape index (κ1) is 17.5. The van der Waals surface area contributed by atoms with Gasteiger partial charge in [-0.2, -0.15) is 5.10 Å². The summed E-state index contributed by atoms with van der Waals surface area (Å²) in [7, 11) is 0. The number of nitrogens with one attached hydrogen (secondary N) is 2. The van der Waals surface area contributed by atoms with Crippen LogP contribution in [0.5, 0.6) is 0 Å². The van der Waals surface area contributed by atoms with E-state index in [-0.39, 0.29) is 24.0 Å². The van der Waals surface area contributed by atoms with Crippen molar-refractivity contribution in [1.82, 2.24) is 15.1 Å². The zero-order valence-electron chi connectivity index (χ0n) is 13.4. The summed E-state index contributed by atoms with van der Waals surface area (Å²) in [6, 6.07) is 8.28. The van der Waals surface area contributed by atoms with Gasteiger partial charge in [0, 0.05) is 6.04 Å². The first-order valence-corrected chi connectivity index (χ1v) is 7.48. The van der Waals surface area contributed by atoms with Crippen molar-refractivity contribution < 1.29 is 19.8 Å². The van der Waals surface area contributed by atoms with Gasteiger partial charge in [0.1, 0.15) is 11.4 Å². The SMILES string of the molecule is CC(C)NC(=O)Nc1c(C(=O)O)cnn1CC(O)c1ccccc1. The van der Waals surface area contributed by atoms with Crippen LogP contribution in [0.2, 0.25) is 0 Å². The highest BCUT2D eigenvalue weighted by atomic mass is 16.4. The Morgan fingerprint density at radius 3 is 2.50 bits per heavy atom. The second-order valence-electron chi connectivity index (χ2n) is 5.57. The summed E-state index contributed by atoms with van der Waals surface area (Å²) in [6.45, 7) is 3.58. The fourth-order valence-electron chi connectivity index (χ4n) is 2.16. The van der Waals surface area contributed by atoms with E-state index in [1.54, 1.807) is 38.1 Å². The van der Waals surface area contributed by atoms with Crippen molar-refractivity contribution in [3.63, 3.8) is 0 Å². The zero-order valence-corrected chi connectivity index (χ0v) is 13.4. The molecule has 0 saturated carbocycles. The maximum atomic E-state index is 11.9.